The Balaban J connectivity index is 2.02. The SMILES string of the molecule is CCOC(=O)C1=C(C(=O)OCC)C2CCCN(S(=O)(=O)c3ccc(C)cc3)C2=CC1. The van der Waals surface area contributed by atoms with Crippen molar-refractivity contribution in [1.82, 2.24) is 4.31 Å². The van der Waals surface area contributed by atoms with E-state index in [0.717, 1.165) is 5.56 Å². The second kappa shape index (κ2) is 9.04. The predicted molar refractivity (Wildman–Crippen MR) is 111 cm³/mol. The zero-order valence-corrected chi connectivity index (χ0v) is 18.3. The van der Waals surface area contributed by atoms with E-state index in [1.54, 1.807) is 44.2 Å². The normalized spacial score (nSPS) is 19.1. The lowest BCUT2D eigenvalue weighted by Crippen LogP contribution is -2.41. The average molecular weight is 434 g/mol. The number of sulfonamides is 1. The Hall–Kier alpha value is -2.61. The summed E-state index contributed by atoms with van der Waals surface area (Å²) in [6.45, 7) is 5.96. The van der Waals surface area contributed by atoms with Crippen LogP contribution in [0.5, 0.6) is 0 Å². The number of ether oxygens (including phenoxy) is 2. The van der Waals surface area contributed by atoms with Crippen LogP contribution in [0.4, 0.5) is 0 Å². The van der Waals surface area contributed by atoms with Gasteiger partial charge >= 0.3 is 11.9 Å². The third-order valence-electron chi connectivity index (χ3n) is 5.31. The zero-order valence-electron chi connectivity index (χ0n) is 17.5. The number of hydrogen-bond donors (Lipinski definition) is 0. The highest BCUT2D eigenvalue weighted by atomic mass is 32.2. The van der Waals surface area contributed by atoms with Crippen molar-refractivity contribution in [2.24, 2.45) is 5.92 Å². The summed E-state index contributed by atoms with van der Waals surface area (Å²) in [6.07, 6.45) is 2.97. The maximum atomic E-state index is 13.3. The molecule has 0 bridgehead atoms. The molecule has 3 rings (SSSR count). The molecular weight excluding hydrogens is 406 g/mol. The molecule has 1 aromatic carbocycles. The first kappa shape index (κ1) is 22.1. The van der Waals surface area contributed by atoms with Crippen molar-refractivity contribution in [1.29, 1.82) is 0 Å². The lowest BCUT2D eigenvalue weighted by molar-refractivity contribution is -0.142. The second-order valence-corrected chi connectivity index (χ2v) is 9.11. The average Bonchev–Trinajstić information content (AvgIpc) is 2.73. The largest absolute Gasteiger partial charge is 0.463 e. The van der Waals surface area contributed by atoms with E-state index in [0.29, 0.717) is 25.1 Å². The maximum Gasteiger partial charge on any atom is 0.335 e. The first-order valence-corrected chi connectivity index (χ1v) is 11.6. The Bertz CT molecular complexity index is 991. The van der Waals surface area contributed by atoms with Gasteiger partial charge in [0, 0.05) is 24.6 Å². The summed E-state index contributed by atoms with van der Waals surface area (Å²) in [5, 5.41) is 0. The smallest absolute Gasteiger partial charge is 0.335 e. The molecule has 1 atom stereocenters. The van der Waals surface area contributed by atoms with E-state index in [4.69, 9.17) is 9.47 Å². The minimum atomic E-state index is -3.78. The Labute approximate surface area is 177 Å². The van der Waals surface area contributed by atoms with Gasteiger partial charge in [0.15, 0.2) is 0 Å². The van der Waals surface area contributed by atoms with Crippen LogP contribution in [-0.4, -0.2) is 44.4 Å². The number of allylic oxidation sites excluding steroid dienone is 2. The van der Waals surface area contributed by atoms with Crippen LogP contribution in [0, 0.1) is 12.8 Å². The van der Waals surface area contributed by atoms with Gasteiger partial charge in [-0.2, -0.15) is 0 Å². The number of nitrogens with zero attached hydrogens (tertiary/aromatic N) is 1. The van der Waals surface area contributed by atoms with Crippen LogP contribution in [-0.2, 0) is 29.1 Å². The van der Waals surface area contributed by atoms with E-state index in [9.17, 15) is 18.0 Å². The molecule has 0 N–H and O–H groups in total. The number of carbonyl (C=O) groups excluding carboxylic acids is 2. The van der Waals surface area contributed by atoms with Crippen LogP contribution in [0.3, 0.4) is 0 Å². The molecule has 8 heteroatoms. The van der Waals surface area contributed by atoms with Gasteiger partial charge < -0.3 is 9.47 Å². The summed E-state index contributed by atoms with van der Waals surface area (Å²) in [6, 6.07) is 6.69. The standard InChI is InChI=1S/C22H27NO6S/c1-4-28-21(24)18-12-13-19-17(20(18)22(25)29-5-2)7-6-14-23(19)30(26,27)16-10-8-15(3)9-11-16/h8-11,13,17H,4-7,12,14H2,1-3H3. The molecule has 162 valence electrons. The molecule has 7 nitrogen and oxygen atoms in total. The van der Waals surface area contributed by atoms with Gasteiger partial charge in [-0.25, -0.2) is 18.0 Å². The summed E-state index contributed by atoms with van der Waals surface area (Å²) in [5.41, 5.74) is 1.96. The van der Waals surface area contributed by atoms with Crippen LogP contribution >= 0.6 is 0 Å². The Kier molecular flexibility index (Phi) is 6.65. The number of piperidine rings is 1. The molecule has 1 fully saturated rings. The monoisotopic (exact) mass is 433 g/mol. The van der Waals surface area contributed by atoms with Gasteiger partial charge in [-0.3, -0.25) is 4.31 Å². The van der Waals surface area contributed by atoms with Crippen LogP contribution < -0.4 is 0 Å². The Morgan fingerprint density at radius 1 is 1.07 bits per heavy atom. The van der Waals surface area contributed by atoms with Crippen molar-refractivity contribution >= 4 is 22.0 Å². The zero-order chi connectivity index (χ0) is 21.9. The maximum absolute atomic E-state index is 13.3. The molecule has 2 aliphatic rings. The minimum absolute atomic E-state index is 0.124. The lowest BCUT2D eigenvalue weighted by atomic mass is 9.80. The quantitative estimate of drug-likeness (QED) is 0.641. The van der Waals surface area contributed by atoms with Crippen molar-refractivity contribution in [3.8, 4) is 0 Å². The van der Waals surface area contributed by atoms with Crippen LogP contribution in [0.25, 0.3) is 0 Å². The van der Waals surface area contributed by atoms with Gasteiger partial charge in [0.25, 0.3) is 10.0 Å². The topological polar surface area (TPSA) is 90.0 Å². The van der Waals surface area contributed by atoms with Crippen molar-refractivity contribution in [3.63, 3.8) is 0 Å². The van der Waals surface area contributed by atoms with Crippen molar-refractivity contribution in [2.45, 2.75) is 44.9 Å². The molecule has 0 saturated carbocycles. The number of esters is 2. The van der Waals surface area contributed by atoms with E-state index < -0.39 is 27.9 Å². The molecule has 1 aromatic rings. The summed E-state index contributed by atoms with van der Waals surface area (Å²) in [7, 11) is -3.78. The number of benzene rings is 1. The Morgan fingerprint density at radius 3 is 2.33 bits per heavy atom. The van der Waals surface area contributed by atoms with Gasteiger partial charge in [0.05, 0.1) is 29.3 Å². The molecule has 0 radical (unpaired) electrons. The van der Waals surface area contributed by atoms with Crippen molar-refractivity contribution in [3.05, 3.63) is 52.7 Å². The van der Waals surface area contributed by atoms with Crippen LogP contribution in [0.15, 0.2) is 52.1 Å². The third-order valence-corrected chi connectivity index (χ3v) is 7.16. The van der Waals surface area contributed by atoms with Crippen molar-refractivity contribution < 1.29 is 27.5 Å². The fourth-order valence-electron chi connectivity index (χ4n) is 3.94. The molecule has 1 saturated heterocycles. The van der Waals surface area contributed by atoms with E-state index >= 15 is 0 Å². The fraction of sp³-hybridized carbons (Fsp3) is 0.455. The lowest BCUT2D eigenvalue weighted by Gasteiger charge is -2.39. The molecule has 1 aliphatic heterocycles. The molecule has 0 spiro atoms. The van der Waals surface area contributed by atoms with Crippen molar-refractivity contribution in [2.75, 3.05) is 19.8 Å². The van der Waals surface area contributed by atoms with Gasteiger partial charge in [0.1, 0.15) is 0 Å². The first-order chi connectivity index (χ1) is 14.3. The van der Waals surface area contributed by atoms with Gasteiger partial charge in [-0.15, -0.1) is 0 Å². The third kappa shape index (κ3) is 4.14. The highest BCUT2D eigenvalue weighted by Gasteiger charge is 2.42. The van der Waals surface area contributed by atoms with Gasteiger partial charge in [0.2, 0.25) is 0 Å². The summed E-state index contributed by atoms with van der Waals surface area (Å²) in [4.78, 5) is 25.4. The second-order valence-electron chi connectivity index (χ2n) is 7.25. The minimum Gasteiger partial charge on any atom is -0.463 e. The molecule has 1 unspecified atom stereocenters. The van der Waals surface area contributed by atoms with E-state index in [1.165, 1.54) is 4.31 Å². The van der Waals surface area contributed by atoms with E-state index in [-0.39, 0.29) is 35.7 Å². The van der Waals surface area contributed by atoms with E-state index in [1.807, 2.05) is 6.92 Å². The molecule has 0 aromatic heterocycles. The fourth-order valence-corrected chi connectivity index (χ4v) is 5.52. The molecule has 1 aliphatic carbocycles. The highest BCUT2D eigenvalue weighted by Crippen LogP contribution is 2.42. The predicted octanol–water partition coefficient (Wildman–Crippen LogP) is 3.11. The molecule has 30 heavy (non-hydrogen) atoms. The van der Waals surface area contributed by atoms with Gasteiger partial charge in [-0.1, -0.05) is 23.8 Å². The number of hydrogen-bond acceptors (Lipinski definition) is 6. The summed E-state index contributed by atoms with van der Waals surface area (Å²) in [5.74, 6) is -1.67. The number of fused-ring (bicyclic) bond motifs is 1. The molecular formula is C22H27NO6S. The van der Waals surface area contributed by atoms with E-state index in [2.05, 4.69) is 0 Å². The Morgan fingerprint density at radius 2 is 1.70 bits per heavy atom. The number of rotatable bonds is 6. The summed E-state index contributed by atoms with van der Waals surface area (Å²) < 4.78 is 38.4. The van der Waals surface area contributed by atoms with Crippen LogP contribution in [0.1, 0.15) is 38.7 Å². The number of aryl methyl sites for hydroxylation is 1. The highest BCUT2D eigenvalue weighted by molar-refractivity contribution is 7.89. The molecule has 0 amide bonds. The molecule has 1 heterocycles. The first-order valence-electron chi connectivity index (χ1n) is 10.2. The summed E-state index contributed by atoms with van der Waals surface area (Å²) >= 11 is 0. The van der Waals surface area contributed by atoms with Gasteiger partial charge in [-0.05, 0) is 45.7 Å². The van der Waals surface area contributed by atoms with Crippen LogP contribution in [0.2, 0.25) is 0 Å². The number of carbonyl (C=O) groups is 2.